The number of hydrogen-bond donors (Lipinski definition) is 2. The Hall–Kier alpha value is -0.980. The molecule has 2 unspecified atom stereocenters. The van der Waals surface area contributed by atoms with Crippen molar-refractivity contribution in [1.82, 2.24) is 10.0 Å². The number of piperidine rings is 1. The lowest BCUT2D eigenvalue weighted by atomic mass is 9.99. The van der Waals surface area contributed by atoms with Crippen LogP contribution in [0.4, 0.5) is 4.39 Å². The van der Waals surface area contributed by atoms with Crippen molar-refractivity contribution in [3.63, 3.8) is 0 Å². The second kappa shape index (κ2) is 5.56. The summed E-state index contributed by atoms with van der Waals surface area (Å²) in [7, 11) is -3.67. The minimum Gasteiger partial charge on any atom is -0.315 e. The molecule has 1 aromatic rings. The Morgan fingerprint density at radius 3 is 2.79 bits per heavy atom. The molecular weight excluding hydrogens is 267 g/mol. The van der Waals surface area contributed by atoms with E-state index in [0.29, 0.717) is 18.0 Å². The molecule has 0 aromatic heterocycles. The number of halogens is 1. The molecule has 2 atom stereocenters. The Balaban J connectivity index is 2.20. The van der Waals surface area contributed by atoms with Crippen LogP contribution in [-0.4, -0.2) is 27.5 Å². The fraction of sp³-hybridized carbons (Fsp3) is 0.538. The zero-order chi connectivity index (χ0) is 14.0. The number of sulfonamides is 1. The Morgan fingerprint density at radius 1 is 1.37 bits per heavy atom. The molecule has 1 saturated heterocycles. The molecule has 2 N–H and O–H groups in total. The molecule has 0 saturated carbocycles. The fourth-order valence-corrected chi connectivity index (χ4v) is 3.90. The molecule has 106 valence electrons. The summed E-state index contributed by atoms with van der Waals surface area (Å²) in [6, 6.07) is 3.66. The van der Waals surface area contributed by atoms with E-state index in [0.717, 1.165) is 19.0 Å². The third-order valence-corrected chi connectivity index (χ3v) is 4.99. The number of hydrogen-bond acceptors (Lipinski definition) is 3. The topological polar surface area (TPSA) is 58.2 Å². The largest absolute Gasteiger partial charge is 0.315 e. The van der Waals surface area contributed by atoms with Crippen molar-refractivity contribution in [3.8, 4) is 0 Å². The maximum absolute atomic E-state index is 13.2. The SMILES string of the molecule is Cc1ccc(F)cc1S(=O)(=O)NC1CNCC(C)C1. The predicted octanol–water partition coefficient (Wildman–Crippen LogP) is 1.41. The van der Waals surface area contributed by atoms with Gasteiger partial charge in [-0.1, -0.05) is 13.0 Å². The van der Waals surface area contributed by atoms with Gasteiger partial charge in [-0.3, -0.25) is 0 Å². The van der Waals surface area contributed by atoms with E-state index in [4.69, 9.17) is 0 Å². The summed E-state index contributed by atoms with van der Waals surface area (Å²) in [6.45, 7) is 5.24. The number of aryl methyl sites for hydroxylation is 1. The van der Waals surface area contributed by atoms with E-state index in [9.17, 15) is 12.8 Å². The maximum atomic E-state index is 13.2. The van der Waals surface area contributed by atoms with Gasteiger partial charge in [-0.25, -0.2) is 17.5 Å². The number of rotatable bonds is 3. The smallest absolute Gasteiger partial charge is 0.241 e. The molecule has 1 aliphatic heterocycles. The van der Waals surface area contributed by atoms with Crippen LogP contribution in [0.5, 0.6) is 0 Å². The van der Waals surface area contributed by atoms with Gasteiger partial charge in [0.15, 0.2) is 0 Å². The quantitative estimate of drug-likeness (QED) is 0.883. The maximum Gasteiger partial charge on any atom is 0.241 e. The average molecular weight is 286 g/mol. The van der Waals surface area contributed by atoms with Gasteiger partial charge in [0.25, 0.3) is 0 Å². The first-order chi connectivity index (χ1) is 8.88. The summed E-state index contributed by atoms with van der Waals surface area (Å²) in [5.41, 5.74) is 0.547. The van der Waals surface area contributed by atoms with Crippen LogP contribution in [0.2, 0.25) is 0 Å². The molecular formula is C13H19FN2O2S. The van der Waals surface area contributed by atoms with E-state index >= 15 is 0 Å². The number of benzene rings is 1. The van der Waals surface area contributed by atoms with Crippen molar-refractivity contribution < 1.29 is 12.8 Å². The van der Waals surface area contributed by atoms with Gasteiger partial charge < -0.3 is 5.32 Å². The lowest BCUT2D eigenvalue weighted by molar-refractivity contribution is 0.346. The van der Waals surface area contributed by atoms with Crippen molar-refractivity contribution in [2.75, 3.05) is 13.1 Å². The van der Waals surface area contributed by atoms with Crippen molar-refractivity contribution >= 4 is 10.0 Å². The highest BCUT2D eigenvalue weighted by Crippen LogP contribution is 2.18. The summed E-state index contributed by atoms with van der Waals surface area (Å²) in [4.78, 5) is 0.0192. The molecule has 4 nitrogen and oxygen atoms in total. The first-order valence-corrected chi connectivity index (χ1v) is 7.86. The minimum absolute atomic E-state index is 0.0192. The molecule has 6 heteroatoms. The zero-order valence-electron chi connectivity index (χ0n) is 11.1. The molecule has 1 heterocycles. The van der Waals surface area contributed by atoms with E-state index < -0.39 is 15.8 Å². The van der Waals surface area contributed by atoms with Gasteiger partial charge in [0.1, 0.15) is 5.82 Å². The lowest BCUT2D eigenvalue weighted by Crippen LogP contribution is -2.48. The molecule has 0 aliphatic carbocycles. The van der Waals surface area contributed by atoms with E-state index in [-0.39, 0.29) is 10.9 Å². The van der Waals surface area contributed by atoms with Crippen LogP contribution >= 0.6 is 0 Å². The third kappa shape index (κ3) is 3.52. The molecule has 1 aromatic carbocycles. The molecule has 2 rings (SSSR count). The molecule has 0 radical (unpaired) electrons. The van der Waals surface area contributed by atoms with Crippen molar-refractivity contribution in [2.45, 2.75) is 31.2 Å². The second-order valence-electron chi connectivity index (χ2n) is 5.23. The van der Waals surface area contributed by atoms with Crippen molar-refractivity contribution in [3.05, 3.63) is 29.6 Å². The van der Waals surface area contributed by atoms with Crippen LogP contribution in [0.15, 0.2) is 23.1 Å². The van der Waals surface area contributed by atoms with Crippen LogP contribution in [0.3, 0.4) is 0 Å². The first-order valence-electron chi connectivity index (χ1n) is 6.37. The molecule has 0 spiro atoms. The van der Waals surface area contributed by atoms with Crippen LogP contribution in [0.1, 0.15) is 18.9 Å². The second-order valence-corrected chi connectivity index (χ2v) is 6.91. The van der Waals surface area contributed by atoms with E-state index in [1.807, 2.05) is 0 Å². The normalized spacial score (nSPS) is 24.4. The van der Waals surface area contributed by atoms with Crippen LogP contribution in [0, 0.1) is 18.7 Å². The molecule has 19 heavy (non-hydrogen) atoms. The van der Waals surface area contributed by atoms with Gasteiger partial charge in [0.05, 0.1) is 4.90 Å². The minimum atomic E-state index is -3.67. The standard InChI is InChI=1S/C13H19FN2O2S/c1-9-5-12(8-15-7-9)16-19(17,18)13-6-11(14)4-3-10(13)2/h3-4,6,9,12,15-16H,5,7-8H2,1-2H3. The van der Waals surface area contributed by atoms with Gasteiger partial charge >= 0.3 is 0 Å². The lowest BCUT2D eigenvalue weighted by Gasteiger charge is -2.28. The highest BCUT2D eigenvalue weighted by Gasteiger charge is 2.25. The Bertz CT molecular complexity index is 560. The molecule has 1 aliphatic rings. The number of nitrogens with one attached hydrogen (secondary N) is 2. The highest BCUT2D eigenvalue weighted by molar-refractivity contribution is 7.89. The van der Waals surface area contributed by atoms with E-state index in [2.05, 4.69) is 17.0 Å². The summed E-state index contributed by atoms with van der Waals surface area (Å²) in [6.07, 6.45) is 0.792. The van der Waals surface area contributed by atoms with Crippen LogP contribution < -0.4 is 10.0 Å². The van der Waals surface area contributed by atoms with Gasteiger partial charge in [-0.2, -0.15) is 0 Å². The average Bonchev–Trinajstić information content (AvgIpc) is 2.31. The van der Waals surface area contributed by atoms with Crippen molar-refractivity contribution in [1.29, 1.82) is 0 Å². The summed E-state index contributed by atoms with van der Waals surface area (Å²) in [5, 5.41) is 3.18. The zero-order valence-corrected chi connectivity index (χ0v) is 11.9. The van der Waals surface area contributed by atoms with E-state index in [1.54, 1.807) is 6.92 Å². The summed E-state index contributed by atoms with van der Waals surface area (Å²) in [5.74, 6) is -0.115. The van der Waals surface area contributed by atoms with Crippen LogP contribution in [-0.2, 0) is 10.0 Å². The van der Waals surface area contributed by atoms with Crippen molar-refractivity contribution in [2.24, 2.45) is 5.92 Å². The van der Waals surface area contributed by atoms with Gasteiger partial charge in [-0.05, 0) is 43.5 Å². The van der Waals surface area contributed by atoms with Crippen LogP contribution in [0.25, 0.3) is 0 Å². The summed E-state index contributed by atoms with van der Waals surface area (Å²) >= 11 is 0. The van der Waals surface area contributed by atoms with E-state index in [1.165, 1.54) is 12.1 Å². The van der Waals surface area contributed by atoms with Gasteiger partial charge in [0.2, 0.25) is 10.0 Å². The monoisotopic (exact) mass is 286 g/mol. The molecule has 0 amide bonds. The third-order valence-electron chi connectivity index (χ3n) is 3.33. The fourth-order valence-electron chi connectivity index (χ4n) is 2.39. The van der Waals surface area contributed by atoms with Gasteiger partial charge in [-0.15, -0.1) is 0 Å². The Labute approximate surface area is 113 Å². The van der Waals surface area contributed by atoms with Gasteiger partial charge in [0, 0.05) is 12.6 Å². The first kappa shape index (κ1) is 14.4. The molecule has 1 fully saturated rings. The Morgan fingerprint density at radius 2 is 2.11 bits per heavy atom. The Kier molecular flexibility index (Phi) is 4.23. The molecule has 0 bridgehead atoms. The summed E-state index contributed by atoms with van der Waals surface area (Å²) < 4.78 is 40.4. The highest BCUT2D eigenvalue weighted by atomic mass is 32.2. The predicted molar refractivity (Wildman–Crippen MR) is 71.9 cm³/mol.